The Kier molecular flexibility index (Phi) is 3.35. The van der Waals surface area contributed by atoms with Crippen molar-refractivity contribution in [2.45, 2.75) is 13.3 Å². The van der Waals surface area contributed by atoms with Crippen molar-refractivity contribution in [1.82, 2.24) is 0 Å². The number of nitrogens with two attached hydrogens (primary N) is 1. The Bertz CT molecular complexity index is 347. The predicted octanol–water partition coefficient (Wildman–Crippen LogP) is 1.97. The summed E-state index contributed by atoms with van der Waals surface area (Å²) in [5.41, 5.74) is 6.23. The number of rotatable bonds is 4. The molecule has 0 aliphatic rings. The molecule has 0 saturated carbocycles. The van der Waals surface area contributed by atoms with Crippen LogP contribution in [0.4, 0.5) is 10.7 Å². The van der Waals surface area contributed by atoms with Gasteiger partial charge in [-0.15, -0.1) is 11.3 Å². The Morgan fingerprint density at radius 1 is 1.64 bits per heavy atom. The molecule has 0 fully saturated rings. The summed E-state index contributed by atoms with van der Waals surface area (Å²) in [5, 5.41) is 3.74. The van der Waals surface area contributed by atoms with Gasteiger partial charge in [0.1, 0.15) is 5.00 Å². The van der Waals surface area contributed by atoms with E-state index in [1.807, 2.05) is 6.92 Å². The zero-order chi connectivity index (χ0) is 10.7. The van der Waals surface area contributed by atoms with Crippen molar-refractivity contribution >= 4 is 27.8 Å². The van der Waals surface area contributed by atoms with E-state index in [2.05, 4.69) is 5.32 Å². The van der Waals surface area contributed by atoms with Crippen molar-refractivity contribution in [3.63, 3.8) is 0 Å². The summed E-state index contributed by atoms with van der Waals surface area (Å²) < 4.78 is 5.11. The number of ether oxygens (including phenoxy) is 1. The molecule has 0 unspecified atom stereocenters. The summed E-state index contributed by atoms with van der Waals surface area (Å²) in [5.74, 6) is 0.613. The Balaban J connectivity index is 3.20. The van der Waals surface area contributed by atoms with Gasteiger partial charge in [0.15, 0.2) is 11.5 Å². The van der Waals surface area contributed by atoms with Crippen LogP contribution in [0.3, 0.4) is 0 Å². The van der Waals surface area contributed by atoms with Gasteiger partial charge in [0.25, 0.3) is 0 Å². The van der Waals surface area contributed by atoms with Crippen LogP contribution in [0.5, 0.6) is 5.75 Å². The molecule has 3 N–H and O–H groups in total. The second-order valence-corrected chi connectivity index (χ2v) is 3.75. The molecule has 1 aromatic rings. The van der Waals surface area contributed by atoms with Crippen LogP contribution in [0.2, 0.25) is 0 Å². The first-order valence-electron chi connectivity index (χ1n) is 4.32. The number of hydrogen-bond donors (Lipinski definition) is 2. The largest absolute Gasteiger partial charge is 0.492 e. The quantitative estimate of drug-likeness (QED) is 0.752. The zero-order valence-electron chi connectivity index (χ0n) is 8.51. The zero-order valence-corrected chi connectivity index (χ0v) is 9.33. The fourth-order valence-electron chi connectivity index (χ4n) is 1.16. The molecule has 0 radical (unpaired) electrons. The predicted molar refractivity (Wildman–Crippen MR) is 59.5 cm³/mol. The minimum absolute atomic E-state index is 0.0484. The minimum Gasteiger partial charge on any atom is -0.492 e. The highest BCUT2D eigenvalue weighted by Gasteiger charge is 2.19. The fraction of sp³-hybridized carbons (Fsp3) is 0.444. The van der Waals surface area contributed by atoms with Gasteiger partial charge in [0, 0.05) is 13.5 Å². The van der Waals surface area contributed by atoms with Gasteiger partial charge in [0.2, 0.25) is 0 Å². The van der Waals surface area contributed by atoms with E-state index in [-0.39, 0.29) is 5.78 Å². The second-order valence-electron chi connectivity index (χ2n) is 2.73. The smallest absolute Gasteiger partial charge is 0.176 e. The van der Waals surface area contributed by atoms with Crippen molar-refractivity contribution < 1.29 is 9.53 Å². The second kappa shape index (κ2) is 4.32. The third-order valence-electron chi connectivity index (χ3n) is 1.91. The number of thiophene rings is 1. The molecular formula is C9H14N2O2S. The van der Waals surface area contributed by atoms with E-state index in [0.29, 0.717) is 22.7 Å². The molecule has 1 rings (SSSR count). The van der Waals surface area contributed by atoms with Crippen molar-refractivity contribution in [2.24, 2.45) is 0 Å². The first-order valence-corrected chi connectivity index (χ1v) is 5.14. The summed E-state index contributed by atoms with van der Waals surface area (Å²) in [6.45, 7) is 1.81. The lowest BCUT2D eigenvalue weighted by molar-refractivity contribution is 0.0992. The summed E-state index contributed by atoms with van der Waals surface area (Å²) in [4.78, 5) is 12.1. The van der Waals surface area contributed by atoms with Gasteiger partial charge in [-0.25, -0.2) is 0 Å². The highest BCUT2D eigenvalue weighted by molar-refractivity contribution is 7.19. The van der Waals surface area contributed by atoms with Crippen molar-refractivity contribution in [2.75, 3.05) is 25.2 Å². The molecule has 0 aliphatic heterocycles. The van der Waals surface area contributed by atoms with Gasteiger partial charge in [-0.3, -0.25) is 4.79 Å². The number of nitrogen functional groups attached to an aromatic ring is 1. The van der Waals surface area contributed by atoms with Crippen LogP contribution in [-0.2, 0) is 0 Å². The molecule has 0 bridgehead atoms. The molecule has 0 spiro atoms. The maximum Gasteiger partial charge on any atom is 0.176 e. The maximum absolute atomic E-state index is 11.5. The third kappa shape index (κ3) is 1.68. The first kappa shape index (κ1) is 10.8. The van der Waals surface area contributed by atoms with Crippen LogP contribution >= 0.6 is 11.3 Å². The summed E-state index contributed by atoms with van der Waals surface area (Å²) in [6.07, 6.45) is 0.455. The number of anilines is 2. The summed E-state index contributed by atoms with van der Waals surface area (Å²) in [6, 6.07) is 0. The van der Waals surface area contributed by atoms with Crippen molar-refractivity contribution in [1.29, 1.82) is 0 Å². The standard InChI is InChI=1S/C9H14N2O2S/c1-4-5(12)8-6(10)7(13-3)9(11-2)14-8/h11H,4,10H2,1-3H3. The van der Waals surface area contributed by atoms with E-state index in [0.717, 1.165) is 5.00 Å². The van der Waals surface area contributed by atoms with Gasteiger partial charge in [-0.05, 0) is 0 Å². The van der Waals surface area contributed by atoms with Crippen LogP contribution in [0.25, 0.3) is 0 Å². The number of carbonyl (C=O) groups is 1. The van der Waals surface area contributed by atoms with E-state index in [4.69, 9.17) is 10.5 Å². The molecule has 1 heterocycles. The molecule has 5 heteroatoms. The van der Waals surface area contributed by atoms with Gasteiger partial charge in [-0.1, -0.05) is 6.92 Å². The normalized spacial score (nSPS) is 9.93. The van der Waals surface area contributed by atoms with Gasteiger partial charge in [-0.2, -0.15) is 0 Å². The lowest BCUT2D eigenvalue weighted by Crippen LogP contribution is -1.98. The van der Waals surface area contributed by atoms with E-state index < -0.39 is 0 Å². The van der Waals surface area contributed by atoms with Crippen LogP contribution in [0, 0.1) is 0 Å². The summed E-state index contributed by atoms with van der Waals surface area (Å²) >= 11 is 1.33. The monoisotopic (exact) mass is 214 g/mol. The van der Waals surface area contributed by atoms with E-state index in [9.17, 15) is 4.79 Å². The Hall–Kier alpha value is -1.23. The molecule has 0 saturated heterocycles. The third-order valence-corrected chi connectivity index (χ3v) is 3.15. The molecule has 0 aliphatic carbocycles. The average molecular weight is 214 g/mol. The molecule has 0 atom stereocenters. The molecule has 1 aromatic heterocycles. The van der Waals surface area contributed by atoms with Gasteiger partial charge in [0.05, 0.1) is 17.7 Å². The Morgan fingerprint density at radius 2 is 2.29 bits per heavy atom. The number of methoxy groups -OCH3 is 1. The lowest BCUT2D eigenvalue weighted by atomic mass is 10.2. The molecule has 78 valence electrons. The van der Waals surface area contributed by atoms with E-state index >= 15 is 0 Å². The highest BCUT2D eigenvalue weighted by atomic mass is 32.1. The minimum atomic E-state index is 0.0484. The number of Topliss-reactive ketones (excluding diaryl/α,β-unsaturated/α-hetero) is 1. The number of nitrogens with one attached hydrogen (secondary N) is 1. The number of hydrogen-bond acceptors (Lipinski definition) is 5. The van der Waals surface area contributed by atoms with Gasteiger partial charge >= 0.3 is 0 Å². The number of ketones is 1. The SMILES string of the molecule is CCC(=O)c1sc(NC)c(OC)c1N. The van der Waals surface area contributed by atoms with Crippen LogP contribution in [0.1, 0.15) is 23.0 Å². The lowest BCUT2D eigenvalue weighted by Gasteiger charge is -2.01. The fourth-order valence-corrected chi connectivity index (χ4v) is 2.22. The molecule has 14 heavy (non-hydrogen) atoms. The van der Waals surface area contributed by atoms with E-state index in [1.165, 1.54) is 11.3 Å². The number of carbonyl (C=O) groups excluding carboxylic acids is 1. The Morgan fingerprint density at radius 3 is 2.64 bits per heavy atom. The van der Waals surface area contributed by atoms with Crippen LogP contribution in [-0.4, -0.2) is 19.9 Å². The Labute approximate surface area is 87.1 Å². The van der Waals surface area contributed by atoms with Crippen LogP contribution in [0.15, 0.2) is 0 Å². The highest BCUT2D eigenvalue weighted by Crippen LogP contribution is 2.42. The topological polar surface area (TPSA) is 64.3 Å². The van der Waals surface area contributed by atoms with Crippen molar-refractivity contribution in [3.05, 3.63) is 4.88 Å². The molecule has 4 nitrogen and oxygen atoms in total. The molecule has 0 aromatic carbocycles. The van der Waals surface area contributed by atoms with Crippen molar-refractivity contribution in [3.8, 4) is 5.75 Å². The molecular weight excluding hydrogens is 200 g/mol. The first-order chi connectivity index (χ1) is 6.65. The average Bonchev–Trinajstić information content (AvgIpc) is 2.53. The molecule has 0 amide bonds. The van der Waals surface area contributed by atoms with Crippen LogP contribution < -0.4 is 15.8 Å². The van der Waals surface area contributed by atoms with Gasteiger partial charge < -0.3 is 15.8 Å². The van der Waals surface area contributed by atoms with E-state index in [1.54, 1.807) is 14.2 Å². The maximum atomic E-state index is 11.5. The summed E-state index contributed by atoms with van der Waals surface area (Å²) in [7, 11) is 3.31.